The molecule has 0 aromatic heterocycles. The van der Waals surface area contributed by atoms with E-state index in [9.17, 15) is 8.42 Å². The largest absolute Gasteiger partial charge is 0.224 e. The zero-order chi connectivity index (χ0) is 8.20. The van der Waals surface area contributed by atoms with E-state index in [1.165, 1.54) is 6.26 Å². The summed E-state index contributed by atoms with van der Waals surface area (Å²) >= 11 is 0. The van der Waals surface area contributed by atoms with Gasteiger partial charge < -0.3 is 0 Å². The third-order valence-corrected chi connectivity index (χ3v) is 2.64. The number of unbranched alkanes of at least 4 members (excludes halogenated alkanes) is 1. The first kappa shape index (κ1) is 9.69. The van der Waals surface area contributed by atoms with Gasteiger partial charge in [-0.25, -0.2) is 8.42 Å². The van der Waals surface area contributed by atoms with Crippen molar-refractivity contribution in [3.8, 4) is 0 Å². The average molecular weight is 162 g/mol. The van der Waals surface area contributed by atoms with Crippen LogP contribution in [0.1, 0.15) is 26.7 Å². The highest BCUT2D eigenvalue weighted by Gasteiger charge is 2.02. The summed E-state index contributed by atoms with van der Waals surface area (Å²) < 4.78 is 21.5. The van der Waals surface area contributed by atoms with Gasteiger partial charge in [0.1, 0.15) is 0 Å². The Kier molecular flexibility index (Phi) is 3.64. The van der Waals surface area contributed by atoms with Crippen molar-refractivity contribution in [1.82, 2.24) is 0 Å². The lowest BCUT2D eigenvalue weighted by atomic mass is 10.3. The van der Waals surface area contributed by atoms with Crippen LogP contribution in [0.25, 0.3) is 0 Å². The van der Waals surface area contributed by atoms with Crippen LogP contribution in [0, 0.1) is 0 Å². The fraction of sp³-hybridized carbons (Fsp3) is 0.714. The third kappa shape index (κ3) is 3.67. The summed E-state index contributed by atoms with van der Waals surface area (Å²) in [4.78, 5) is 0.481. The minimum atomic E-state index is -2.91. The molecular weight excluding hydrogens is 148 g/mol. The highest BCUT2D eigenvalue weighted by atomic mass is 32.2. The average Bonchev–Trinajstić information content (AvgIpc) is 1.80. The molecule has 0 radical (unpaired) electrons. The summed E-state index contributed by atoms with van der Waals surface area (Å²) in [5.74, 6) is 0. The van der Waals surface area contributed by atoms with Crippen LogP contribution >= 0.6 is 0 Å². The zero-order valence-electron chi connectivity index (χ0n) is 6.72. The third-order valence-electron chi connectivity index (χ3n) is 1.31. The molecule has 0 aliphatic carbocycles. The van der Waals surface area contributed by atoms with E-state index in [-0.39, 0.29) is 0 Å². The molecule has 0 aliphatic rings. The first-order valence-electron chi connectivity index (χ1n) is 3.35. The predicted molar refractivity (Wildman–Crippen MR) is 43.5 cm³/mol. The number of allylic oxidation sites excluding steroid dienone is 2. The lowest BCUT2D eigenvalue weighted by Gasteiger charge is -1.94. The van der Waals surface area contributed by atoms with Gasteiger partial charge in [-0.1, -0.05) is 19.4 Å². The molecule has 0 unspecified atom stereocenters. The second-order valence-corrected chi connectivity index (χ2v) is 4.56. The molecule has 10 heavy (non-hydrogen) atoms. The Hall–Kier alpha value is -0.310. The SMILES string of the molecule is CCCC=C(C)S(C)(=O)=O. The van der Waals surface area contributed by atoms with E-state index in [1.807, 2.05) is 6.92 Å². The van der Waals surface area contributed by atoms with Crippen molar-refractivity contribution < 1.29 is 8.42 Å². The maximum absolute atomic E-state index is 10.8. The molecule has 0 amide bonds. The number of hydrogen-bond acceptors (Lipinski definition) is 2. The van der Waals surface area contributed by atoms with Gasteiger partial charge in [-0.2, -0.15) is 0 Å². The molecule has 0 aliphatic heterocycles. The van der Waals surface area contributed by atoms with E-state index >= 15 is 0 Å². The smallest absolute Gasteiger partial charge is 0.171 e. The molecule has 0 saturated heterocycles. The highest BCUT2D eigenvalue weighted by Crippen LogP contribution is 2.04. The van der Waals surface area contributed by atoms with Gasteiger partial charge in [0.2, 0.25) is 0 Å². The van der Waals surface area contributed by atoms with Crippen molar-refractivity contribution in [2.75, 3.05) is 6.26 Å². The van der Waals surface area contributed by atoms with Gasteiger partial charge in [0.15, 0.2) is 9.84 Å². The minimum Gasteiger partial charge on any atom is -0.224 e. The van der Waals surface area contributed by atoms with Crippen molar-refractivity contribution >= 4 is 9.84 Å². The predicted octanol–water partition coefficient (Wildman–Crippen LogP) is 1.73. The summed E-state index contributed by atoms with van der Waals surface area (Å²) in [6.07, 6.45) is 4.83. The fourth-order valence-corrected chi connectivity index (χ4v) is 0.920. The van der Waals surface area contributed by atoms with Gasteiger partial charge in [-0.3, -0.25) is 0 Å². The normalized spacial score (nSPS) is 13.7. The van der Waals surface area contributed by atoms with Gasteiger partial charge in [0.25, 0.3) is 0 Å². The van der Waals surface area contributed by atoms with E-state index in [2.05, 4.69) is 0 Å². The Morgan fingerprint density at radius 2 is 2.00 bits per heavy atom. The van der Waals surface area contributed by atoms with Crippen molar-refractivity contribution in [3.05, 3.63) is 11.0 Å². The Morgan fingerprint density at radius 1 is 1.50 bits per heavy atom. The van der Waals surface area contributed by atoms with Crippen molar-refractivity contribution in [2.24, 2.45) is 0 Å². The van der Waals surface area contributed by atoms with Crippen LogP contribution in [0.5, 0.6) is 0 Å². The van der Waals surface area contributed by atoms with Crippen LogP contribution in [0.2, 0.25) is 0 Å². The molecule has 2 nitrogen and oxygen atoms in total. The number of rotatable bonds is 3. The van der Waals surface area contributed by atoms with E-state index in [1.54, 1.807) is 13.0 Å². The molecule has 60 valence electrons. The molecule has 0 aromatic rings. The first-order chi connectivity index (χ1) is 4.48. The molecule has 0 rings (SSSR count). The van der Waals surface area contributed by atoms with E-state index in [4.69, 9.17) is 0 Å². The Bertz CT molecular complexity index is 212. The quantitative estimate of drug-likeness (QED) is 0.633. The molecule has 0 heterocycles. The van der Waals surface area contributed by atoms with E-state index in [0.717, 1.165) is 12.8 Å². The Morgan fingerprint density at radius 3 is 2.30 bits per heavy atom. The molecule has 0 bridgehead atoms. The summed E-state index contributed by atoms with van der Waals surface area (Å²) in [5.41, 5.74) is 0. The lowest BCUT2D eigenvalue weighted by molar-refractivity contribution is 0.607. The molecule has 0 atom stereocenters. The van der Waals surface area contributed by atoms with Crippen molar-refractivity contribution in [1.29, 1.82) is 0 Å². The monoisotopic (exact) mass is 162 g/mol. The summed E-state index contributed by atoms with van der Waals surface area (Å²) in [7, 11) is -2.91. The van der Waals surface area contributed by atoms with Crippen LogP contribution in [0.4, 0.5) is 0 Å². The molecule has 0 aromatic carbocycles. The standard InChI is InChI=1S/C7H14O2S/c1-4-5-6-7(2)10(3,8)9/h6H,4-5H2,1-3H3. The Labute approximate surface area is 62.9 Å². The second kappa shape index (κ2) is 3.76. The molecule has 0 saturated carbocycles. The fourth-order valence-electron chi connectivity index (χ4n) is 0.499. The Balaban J connectivity index is 4.22. The van der Waals surface area contributed by atoms with Gasteiger partial charge in [0.05, 0.1) is 0 Å². The maximum Gasteiger partial charge on any atom is 0.171 e. The molecule has 0 N–H and O–H groups in total. The van der Waals surface area contributed by atoms with E-state index in [0.29, 0.717) is 4.91 Å². The zero-order valence-corrected chi connectivity index (χ0v) is 7.53. The number of hydrogen-bond donors (Lipinski definition) is 0. The maximum atomic E-state index is 10.8. The molecule has 3 heteroatoms. The van der Waals surface area contributed by atoms with Crippen LogP contribution in [0.3, 0.4) is 0 Å². The topological polar surface area (TPSA) is 34.1 Å². The van der Waals surface area contributed by atoms with Gasteiger partial charge in [-0.15, -0.1) is 0 Å². The summed E-state index contributed by atoms with van der Waals surface area (Å²) in [6, 6.07) is 0. The summed E-state index contributed by atoms with van der Waals surface area (Å²) in [6.45, 7) is 3.65. The van der Waals surface area contributed by atoms with Crippen molar-refractivity contribution in [3.63, 3.8) is 0 Å². The second-order valence-electron chi connectivity index (χ2n) is 2.38. The van der Waals surface area contributed by atoms with Crippen LogP contribution in [-0.4, -0.2) is 14.7 Å². The van der Waals surface area contributed by atoms with Gasteiger partial charge in [-0.05, 0) is 13.3 Å². The highest BCUT2D eigenvalue weighted by molar-refractivity contribution is 7.94. The lowest BCUT2D eigenvalue weighted by Crippen LogP contribution is -1.96. The molecule has 0 spiro atoms. The van der Waals surface area contributed by atoms with E-state index < -0.39 is 9.84 Å². The van der Waals surface area contributed by atoms with Gasteiger partial charge >= 0.3 is 0 Å². The van der Waals surface area contributed by atoms with Gasteiger partial charge in [0, 0.05) is 11.2 Å². The number of sulfone groups is 1. The van der Waals surface area contributed by atoms with Crippen LogP contribution < -0.4 is 0 Å². The summed E-state index contributed by atoms with van der Waals surface area (Å²) in [5, 5.41) is 0. The van der Waals surface area contributed by atoms with Crippen LogP contribution in [-0.2, 0) is 9.84 Å². The molecular formula is C7H14O2S. The minimum absolute atomic E-state index is 0.481. The first-order valence-corrected chi connectivity index (χ1v) is 5.24. The molecule has 0 fully saturated rings. The van der Waals surface area contributed by atoms with Crippen molar-refractivity contribution in [2.45, 2.75) is 26.7 Å². The van der Waals surface area contributed by atoms with Crippen LogP contribution in [0.15, 0.2) is 11.0 Å².